The molecule has 0 spiro atoms. The molecule has 0 amide bonds. The molecule has 0 aromatic carbocycles. The number of ether oxygens (including phenoxy) is 1. The molecule has 1 saturated carbocycles. The first-order valence-corrected chi connectivity index (χ1v) is 8.39. The fourth-order valence-corrected chi connectivity index (χ4v) is 3.81. The van der Waals surface area contributed by atoms with Crippen molar-refractivity contribution >= 4 is 0 Å². The number of rotatable bonds is 6. The van der Waals surface area contributed by atoms with Crippen molar-refractivity contribution in [1.82, 2.24) is 15.1 Å². The summed E-state index contributed by atoms with van der Waals surface area (Å²) in [5, 5.41) is 3.60. The van der Waals surface area contributed by atoms with E-state index in [0.717, 1.165) is 25.0 Å². The minimum atomic E-state index is 0.463. The van der Waals surface area contributed by atoms with Gasteiger partial charge in [-0.15, -0.1) is 0 Å². The molecule has 1 N–H and O–H groups in total. The SMILES string of the molecule is CC1CN(CC2CCC(CNC3CC3)O2)CC1N(C)C. The maximum atomic E-state index is 6.21. The third-order valence-corrected chi connectivity index (χ3v) is 5.18. The molecule has 4 atom stereocenters. The Bertz CT molecular complexity index is 319. The van der Waals surface area contributed by atoms with Crippen molar-refractivity contribution in [3.63, 3.8) is 0 Å². The van der Waals surface area contributed by atoms with E-state index in [2.05, 4.69) is 36.1 Å². The third-order valence-electron chi connectivity index (χ3n) is 5.18. The molecule has 3 aliphatic rings. The van der Waals surface area contributed by atoms with Crippen molar-refractivity contribution in [3.8, 4) is 0 Å². The number of hydrogen-bond donors (Lipinski definition) is 1. The van der Waals surface area contributed by atoms with Crippen LogP contribution in [0.5, 0.6) is 0 Å². The van der Waals surface area contributed by atoms with E-state index in [1.165, 1.54) is 38.8 Å². The highest BCUT2D eigenvalue weighted by molar-refractivity contribution is 4.89. The van der Waals surface area contributed by atoms with Crippen LogP contribution in [0.2, 0.25) is 0 Å². The zero-order chi connectivity index (χ0) is 14.1. The monoisotopic (exact) mass is 281 g/mol. The molecule has 116 valence electrons. The molecule has 4 heteroatoms. The number of nitrogens with one attached hydrogen (secondary N) is 1. The second-order valence-corrected chi connectivity index (χ2v) is 7.37. The van der Waals surface area contributed by atoms with Crippen molar-refractivity contribution in [2.45, 2.75) is 56.9 Å². The molecule has 0 aromatic rings. The van der Waals surface area contributed by atoms with Gasteiger partial charge in [-0.3, -0.25) is 4.90 Å². The molecule has 2 heterocycles. The van der Waals surface area contributed by atoms with Crippen LogP contribution in [0.25, 0.3) is 0 Å². The molecule has 4 unspecified atom stereocenters. The van der Waals surface area contributed by atoms with Gasteiger partial charge in [-0.05, 0) is 45.7 Å². The zero-order valence-corrected chi connectivity index (χ0v) is 13.3. The Morgan fingerprint density at radius 3 is 2.50 bits per heavy atom. The van der Waals surface area contributed by atoms with Gasteiger partial charge in [0.05, 0.1) is 12.2 Å². The summed E-state index contributed by atoms with van der Waals surface area (Å²) in [5.74, 6) is 0.777. The summed E-state index contributed by atoms with van der Waals surface area (Å²) in [6.45, 7) is 7.02. The molecule has 3 fully saturated rings. The highest BCUT2D eigenvalue weighted by Gasteiger charge is 2.34. The van der Waals surface area contributed by atoms with Crippen LogP contribution < -0.4 is 5.32 Å². The maximum absolute atomic E-state index is 6.21. The minimum absolute atomic E-state index is 0.463. The molecule has 0 aromatic heterocycles. The summed E-state index contributed by atoms with van der Waals surface area (Å²) in [4.78, 5) is 4.99. The van der Waals surface area contributed by atoms with Crippen LogP contribution in [0, 0.1) is 5.92 Å². The third kappa shape index (κ3) is 3.73. The van der Waals surface area contributed by atoms with Crippen LogP contribution in [-0.4, -0.2) is 74.4 Å². The van der Waals surface area contributed by atoms with Crippen molar-refractivity contribution < 1.29 is 4.74 Å². The summed E-state index contributed by atoms with van der Waals surface area (Å²) in [5.41, 5.74) is 0. The molecular weight excluding hydrogens is 250 g/mol. The van der Waals surface area contributed by atoms with E-state index in [-0.39, 0.29) is 0 Å². The molecule has 2 aliphatic heterocycles. The second-order valence-electron chi connectivity index (χ2n) is 7.37. The first-order valence-electron chi connectivity index (χ1n) is 8.39. The molecule has 0 radical (unpaired) electrons. The average Bonchev–Trinajstić information content (AvgIpc) is 3.01. The van der Waals surface area contributed by atoms with E-state index < -0.39 is 0 Å². The van der Waals surface area contributed by atoms with Crippen LogP contribution in [0.4, 0.5) is 0 Å². The number of likely N-dealkylation sites (tertiary alicyclic amines) is 1. The van der Waals surface area contributed by atoms with Gasteiger partial charge in [-0.25, -0.2) is 0 Å². The smallest absolute Gasteiger partial charge is 0.0707 e. The van der Waals surface area contributed by atoms with Crippen molar-refractivity contribution in [2.24, 2.45) is 5.92 Å². The van der Waals surface area contributed by atoms with Crippen LogP contribution in [-0.2, 0) is 4.74 Å². The molecular formula is C16H31N3O. The highest BCUT2D eigenvalue weighted by Crippen LogP contribution is 2.26. The highest BCUT2D eigenvalue weighted by atomic mass is 16.5. The van der Waals surface area contributed by atoms with Gasteiger partial charge in [0.25, 0.3) is 0 Å². The van der Waals surface area contributed by atoms with Gasteiger partial charge in [0.2, 0.25) is 0 Å². The second kappa shape index (κ2) is 6.30. The van der Waals surface area contributed by atoms with Gasteiger partial charge >= 0.3 is 0 Å². The van der Waals surface area contributed by atoms with E-state index in [1.54, 1.807) is 0 Å². The lowest BCUT2D eigenvalue weighted by Gasteiger charge is -2.23. The van der Waals surface area contributed by atoms with Crippen LogP contribution >= 0.6 is 0 Å². The van der Waals surface area contributed by atoms with Crippen molar-refractivity contribution in [2.75, 3.05) is 40.3 Å². The molecule has 4 nitrogen and oxygen atoms in total. The maximum Gasteiger partial charge on any atom is 0.0707 e. The Morgan fingerprint density at radius 2 is 1.85 bits per heavy atom. The van der Waals surface area contributed by atoms with E-state index in [9.17, 15) is 0 Å². The van der Waals surface area contributed by atoms with Crippen LogP contribution in [0.3, 0.4) is 0 Å². The first kappa shape index (κ1) is 14.8. The lowest BCUT2D eigenvalue weighted by Crippen LogP contribution is -2.36. The topological polar surface area (TPSA) is 27.7 Å². The quantitative estimate of drug-likeness (QED) is 0.791. The Labute approximate surface area is 123 Å². The number of hydrogen-bond acceptors (Lipinski definition) is 4. The summed E-state index contributed by atoms with van der Waals surface area (Å²) in [7, 11) is 4.41. The summed E-state index contributed by atoms with van der Waals surface area (Å²) >= 11 is 0. The lowest BCUT2D eigenvalue weighted by molar-refractivity contribution is 0.0262. The summed E-state index contributed by atoms with van der Waals surface area (Å²) in [6.07, 6.45) is 6.15. The average molecular weight is 281 g/mol. The Balaban J connectivity index is 1.38. The largest absolute Gasteiger partial charge is 0.372 e. The van der Waals surface area contributed by atoms with Gasteiger partial charge in [0.15, 0.2) is 0 Å². The molecule has 2 saturated heterocycles. The van der Waals surface area contributed by atoms with Gasteiger partial charge in [0.1, 0.15) is 0 Å². The van der Waals surface area contributed by atoms with E-state index >= 15 is 0 Å². The molecule has 0 bridgehead atoms. The molecule has 1 aliphatic carbocycles. The van der Waals surface area contributed by atoms with E-state index in [4.69, 9.17) is 4.74 Å². The van der Waals surface area contributed by atoms with Crippen LogP contribution in [0.15, 0.2) is 0 Å². The summed E-state index contributed by atoms with van der Waals surface area (Å²) in [6, 6.07) is 1.52. The predicted octanol–water partition coefficient (Wildman–Crippen LogP) is 1.17. The van der Waals surface area contributed by atoms with Gasteiger partial charge < -0.3 is 15.0 Å². The Morgan fingerprint density at radius 1 is 1.10 bits per heavy atom. The van der Waals surface area contributed by atoms with Gasteiger partial charge in [-0.2, -0.15) is 0 Å². The number of likely N-dealkylation sites (N-methyl/N-ethyl adjacent to an activating group) is 1. The normalized spacial score (nSPS) is 39.0. The van der Waals surface area contributed by atoms with Crippen molar-refractivity contribution in [3.05, 3.63) is 0 Å². The summed E-state index contributed by atoms with van der Waals surface area (Å²) < 4.78 is 6.21. The lowest BCUT2D eigenvalue weighted by atomic mass is 10.1. The Hall–Kier alpha value is -0.160. The van der Waals surface area contributed by atoms with Gasteiger partial charge in [-0.1, -0.05) is 6.92 Å². The van der Waals surface area contributed by atoms with Gasteiger partial charge in [0, 0.05) is 38.3 Å². The standard InChI is InChI=1S/C16H31N3O/c1-12-9-19(11-16(12)18(2)3)10-15-7-6-14(20-15)8-17-13-4-5-13/h12-17H,4-11H2,1-3H3. The van der Waals surface area contributed by atoms with Crippen molar-refractivity contribution in [1.29, 1.82) is 0 Å². The molecule has 3 rings (SSSR count). The van der Waals surface area contributed by atoms with E-state index in [0.29, 0.717) is 18.2 Å². The first-order chi connectivity index (χ1) is 9.61. The molecule has 20 heavy (non-hydrogen) atoms. The minimum Gasteiger partial charge on any atom is -0.372 e. The fraction of sp³-hybridized carbons (Fsp3) is 1.00. The van der Waals surface area contributed by atoms with E-state index in [1.807, 2.05) is 0 Å². The fourth-order valence-electron chi connectivity index (χ4n) is 3.81. The Kier molecular flexibility index (Phi) is 4.65. The van der Waals surface area contributed by atoms with Crippen LogP contribution in [0.1, 0.15) is 32.6 Å². The predicted molar refractivity (Wildman–Crippen MR) is 82.0 cm³/mol. The number of nitrogens with zero attached hydrogens (tertiary/aromatic N) is 2. The zero-order valence-electron chi connectivity index (χ0n) is 13.3.